The zero-order chi connectivity index (χ0) is 13.9. The molecule has 1 amide bonds. The van der Waals surface area contributed by atoms with Crippen LogP contribution in [-0.4, -0.2) is 34.6 Å². The molecule has 2 aromatic heterocycles. The third kappa shape index (κ3) is 2.92. The molecular formula is C14H16N2OS3. The number of hydrogen-bond donors (Lipinski definition) is 0. The molecule has 0 bridgehead atoms. The molecule has 1 aliphatic rings. The number of hydrogen-bond acceptors (Lipinski definition) is 5. The van der Waals surface area contributed by atoms with Crippen molar-refractivity contribution in [3.8, 4) is 0 Å². The first-order chi connectivity index (χ1) is 9.75. The van der Waals surface area contributed by atoms with E-state index in [2.05, 4.69) is 22.5 Å². The van der Waals surface area contributed by atoms with Crippen LogP contribution in [-0.2, 0) is 0 Å². The van der Waals surface area contributed by atoms with Crippen molar-refractivity contribution in [1.82, 2.24) is 9.88 Å². The molecule has 3 rings (SSSR count). The van der Waals surface area contributed by atoms with Gasteiger partial charge in [-0.3, -0.25) is 4.79 Å². The molecule has 2 aromatic rings. The van der Waals surface area contributed by atoms with Gasteiger partial charge in [0.25, 0.3) is 5.91 Å². The Labute approximate surface area is 131 Å². The standard InChI is InChI=1S/C14H16N2OS3/c1-10-13(20-9-15-10)14(17)16-5-4-12(19-8-6-16)11-3-2-7-18-11/h2-3,7,9,12H,4-6,8H2,1H3/t12-/m1/s1. The Morgan fingerprint density at radius 2 is 2.30 bits per heavy atom. The molecule has 0 aliphatic carbocycles. The van der Waals surface area contributed by atoms with Crippen LogP contribution in [0.4, 0.5) is 0 Å². The Morgan fingerprint density at radius 3 is 3.00 bits per heavy atom. The van der Waals surface area contributed by atoms with Gasteiger partial charge in [-0.25, -0.2) is 4.98 Å². The third-order valence-electron chi connectivity index (χ3n) is 3.43. The Kier molecular flexibility index (Phi) is 4.43. The molecule has 0 unspecified atom stereocenters. The first-order valence-electron chi connectivity index (χ1n) is 6.60. The van der Waals surface area contributed by atoms with E-state index < -0.39 is 0 Å². The maximum Gasteiger partial charge on any atom is 0.265 e. The summed E-state index contributed by atoms with van der Waals surface area (Å²) in [5, 5.41) is 2.67. The van der Waals surface area contributed by atoms with Crippen LogP contribution in [0.2, 0.25) is 0 Å². The minimum Gasteiger partial charge on any atom is -0.337 e. The Bertz CT molecular complexity index is 579. The molecule has 106 valence electrons. The monoisotopic (exact) mass is 324 g/mol. The second kappa shape index (κ2) is 6.28. The van der Waals surface area contributed by atoms with Crippen LogP contribution in [0.3, 0.4) is 0 Å². The predicted octanol–water partition coefficient (Wildman–Crippen LogP) is 3.83. The molecule has 0 aromatic carbocycles. The van der Waals surface area contributed by atoms with E-state index in [4.69, 9.17) is 0 Å². The summed E-state index contributed by atoms with van der Waals surface area (Å²) >= 11 is 5.23. The highest BCUT2D eigenvalue weighted by Crippen LogP contribution is 2.37. The molecule has 6 heteroatoms. The number of aryl methyl sites for hydroxylation is 1. The summed E-state index contributed by atoms with van der Waals surface area (Å²) in [7, 11) is 0. The van der Waals surface area contributed by atoms with E-state index in [9.17, 15) is 4.79 Å². The molecule has 0 N–H and O–H groups in total. The van der Waals surface area contributed by atoms with E-state index in [1.807, 2.05) is 34.9 Å². The van der Waals surface area contributed by atoms with E-state index in [0.717, 1.165) is 35.8 Å². The van der Waals surface area contributed by atoms with Crippen LogP contribution in [0.25, 0.3) is 0 Å². The highest BCUT2D eigenvalue weighted by Gasteiger charge is 2.24. The van der Waals surface area contributed by atoms with Crippen LogP contribution in [0.15, 0.2) is 23.0 Å². The normalized spacial score (nSPS) is 19.9. The van der Waals surface area contributed by atoms with Crippen molar-refractivity contribution >= 4 is 40.3 Å². The van der Waals surface area contributed by atoms with Gasteiger partial charge < -0.3 is 4.90 Å². The van der Waals surface area contributed by atoms with Gasteiger partial charge in [0.05, 0.1) is 11.2 Å². The van der Waals surface area contributed by atoms with Gasteiger partial charge in [0.1, 0.15) is 4.88 Å². The lowest BCUT2D eigenvalue weighted by Gasteiger charge is -2.19. The van der Waals surface area contributed by atoms with E-state index in [1.54, 1.807) is 5.51 Å². The van der Waals surface area contributed by atoms with Gasteiger partial charge in [-0.2, -0.15) is 11.8 Å². The average Bonchev–Trinajstić information content (AvgIpc) is 3.05. The van der Waals surface area contributed by atoms with Gasteiger partial charge in [0.2, 0.25) is 0 Å². The predicted molar refractivity (Wildman–Crippen MR) is 86.9 cm³/mol. The van der Waals surface area contributed by atoms with Crippen molar-refractivity contribution in [2.24, 2.45) is 0 Å². The van der Waals surface area contributed by atoms with Gasteiger partial charge >= 0.3 is 0 Å². The van der Waals surface area contributed by atoms with Crippen molar-refractivity contribution < 1.29 is 4.79 Å². The van der Waals surface area contributed by atoms with Crippen molar-refractivity contribution in [2.45, 2.75) is 18.6 Å². The third-order valence-corrected chi connectivity index (χ3v) is 6.79. The van der Waals surface area contributed by atoms with E-state index in [0.29, 0.717) is 5.25 Å². The fraction of sp³-hybridized carbons (Fsp3) is 0.429. The highest BCUT2D eigenvalue weighted by atomic mass is 32.2. The number of thioether (sulfide) groups is 1. The summed E-state index contributed by atoms with van der Waals surface area (Å²) in [5.74, 6) is 1.16. The van der Waals surface area contributed by atoms with Crippen LogP contribution in [0, 0.1) is 6.92 Å². The summed E-state index contributed by atoms with van der Waals surface area (Å²) < 4.78 is 0. The fourth-order valence-electron chi connectivity index (χ4n) is 2.33. The second-order valence-corrected chi connectivity index (χ2v) is 7.87. The quantitative estimate of drug-likeness (QED) is 0.841. The van der Waals surface area contributed by atoms with Crippen LogP contribution >= 0.6 is 34.4 Å². The molecule has 0 spiro atoms. The summed E-state index contributed by atoms with van der Waals surface area (Å²) in [5.41, 5.74) is 2.61. The maximum absolute atomic E-state index is 12.5. The Morgan fingerprint density at radius 1 is 1.40 bits per heavy atom. The molecule has 3 heterocycles. The zero-order valence-corrected chi connectivity index (χ0v) is 13.7. The number of amides is 1. The number of carbonyl (C=O) groups is 1. The van der Waals surface area contributed by atoms with Crippen molar-refractivity contribution in [3.63, 3.8) is 0 Å². The zero-order valence-electron chi connectivity index (χ0n) is 11.2. The highest BCUT2D eigenvalue weighted by molar-refractivity contribution is 7.99. The largest absolute Gasteiger partial charge is 0.337 e. The average molecular weight is 324 g/mol. The molecule has 1 atom stereocenters. The number of rotatable bonds is 2. The van der Waals surface area contributed by atoms with E-state index in [1.165, 1.54) is 16.2 Å². The number of carbonyl (C=O) groups excluding carboxylic acids is 1. The van der Waals surface area contributed by atoms with Gasteiger partial charge in [0.15, 0.2) is 0 Å². The lowest BCUT2D eigenvalue weighted by atomic mass is 10.2. The van der Waals surface area contributed by atoms with Crippen LogP contribution in [0.1, 0.15) is 31.9 Å². The van der Waals surface area contributed by atoms with E-state index in [-0.39, 0.29) is 5.91 Å². The summed E-state index contributed by atoms with van der Waals surface area (Å²) in [4.78, 5) is 20.9. The minimum atomic E-state index is 0.150. The summed E-state index contributed by atoms with van der Waals surface area (Å²) in [6.45, 7) is 3.58. The molecular weight excluding hydrogens is 308 g/mol. The Hall–Kier alpha value is -0.850. The lowest BCUT2D eigenvalue weighted by molar-refractivity contribution is 0.0770. The smallest absolute Gasteiger partial charge is 0.265 e. The number of thiazole rings is 1. The van der Waals surface area contributed by atoms with Crippen LogP contribution in [0.5, 0.6) is 0 Å². The molecule has 1 saturated heterocycles. The summed E-state index contributed by atoms with van der Waals surface area (Å²) in [6, 6.07) is 4.31. The SMILES string of the molecule is Cc1ncsc1C(=O)N1CCS[C@@H](c2cccs2)CC1. The topological polar surface area (TPSA) is 33.2 Å². The number of nitrogens with zero attached hydrogens (tertiary/aromatic N) is 2. The molecule has 3 nitrogen and oxygen atoms in total. The van der Waals surface area contributed by atoms with Gasteiger partial charge in [0, 0.05) is 29.0 Å². The van der Waals surface area contributed by atoms with Crippen LogP contribution < -0.4 is 0 Å². The molecule has 0 radical (unpaired) electrons. The fourth-order valence-corrected chi connectivity index (χ4v) is 5.33. The van der Waals surface area contributed by atoms with E-state index >= 15 is 0 Å². The second-order valence-electron chi connectivity index (χ2n) is 4.72. The van der Waals surface area contributed by atoms with Gasteiger partial charge in [-0.15, -0.1) is 22.7 Å². The van der Waals surface area contributed by atoms with Gasteiger partial charge in [-0.1, -0.05) is 6.07 Å². The molecule has 1 fully saturated rings. The Balaban J connectivity index is 1.68. The summed E-state index contributed by atoms with van der Waals surface area (Å²) in [6.07, 6.45) is 1.04. The first-order valence-corrected chi connectivity index (χ1v) is 9.41. The molecule has 20 heavy (non-hydrogen) atoms. The lowest BCUT2D eigenvalue weighted by Crippen LogP contribution is -2.32. The maximum atomic E-state index is 12.5. The van der Waals surface area contributed by atoms with Gasteiger partial charge in [-0.05, 0) is 24.8 Å². The first kappa shape index (κ1) is 14.1. The number of aromatic nitrogens is 1. The van der Waals surface area contributed by atoms with Crippen molar-refractivity contribution in [1.29, 1.82) is 0 Å². The molecule has 0 saturated carbocycles. The van der Waals surface area contributed by atoms with Crippen molar-refractivity contribution in [2.75, 3.05) is 18.8 Å². The minimum absolute atomic E-state index is 0.150. The van der Waals surface area contributed by atoms with Crippen molar-refractivity contribution in [3.05, 3.63) is 38.5 Å². The number of thiophene rings is 1. The molecule has 1 aliphatic heterocycles.